The average molecular weight is 312 g/mol. The van der Waals surface area contributed by atoms with E-state index in [4.69, 9.17) is 0 Å². The highest BCUT2D eigenvalue weighted by Crippen LogP contribution is 2.17. The molecule has 0 radical (unpaired) electrons. The van der Waals surface area contributed by atoms with Gasteiger partial charge in [0.2, 0.25) is 11.8 Å². The predicted molar refractivity (Wildman–Crippen MR) is 86.8 cm³/mol. The van der Waals surface area contributed by atoms with Crippen molar-refractivity contribution in [2.75, 3.05) is 23.7 Å². The van der Waals surface area contributed by atoms with Gasteiger partial charge in [0.1, 0.15) is 0 Å². The van der Waals surface area contributed by atoms with Crippen molar-refractivity contribution in [3.63, 3.8) is 0 Å². The minimum Gasteiger partial charge on any atom is -0.326 e. The largest absolute Gasteiger partial charge is 0.326 e. The third kappa shape index (κ3) is 5.36. The van der Waals surface area contributed by atoms with E-state index in [-0.39, 0.29) is 30.1 Å². The number of rotatable bonds is 4. The highest BCUT2D eigenvalue weighted by molar-refractivity contribution is 5.94. The van der Waals surface area contributed by atoms with Gasteiger partial charge in [0.15, 0.2) is 0 Å². The molecular formula is C15H22ClN3O2. The summed E-state index contributed by atoms with van der Waals surface area (Å²) in [5.74, 6) is 0.157. The van der Waals surface area contributed by atoms with Gasteiger partial charge in [0.05, 0.1) is 0 Å². The van der Waals surface area contributed by atoms with Crippen LogP contribution in [-0.2, 0) is 9.59 Å². The summed E-state index contributed by atoms with van der Waals surface area (Å²) in [6.45, 7) is 3.61. The summed E-state index contributed by atoms with van der Waals surface area (Å²) in [5, 5.41) is 8.95. The Hall–Kier alpha value is -1.59. The second-order valence-electron chi connectivity index (χ2n) is 4.99. The lowest BCUT2D eigenvalue weighted by atomic mass is 9.97. The lowest BCUT2D eigenvalue weighted by molar-refractivity contribution is -0.120. The van der Waals surface area contributed by atoms with Gasteiger partial charge < -0.3 is 16.0 Å². The molecule has 0 saturated carbocycles. The zero-order chi connectivity index (χ0) is 14.4. The Bertz CT molecular complexity index is 470. The van der Waals surface area contributed by atoms with Crippen LogP contribution in [0.15, 0.2) is 24.3 Å². The van der Waals surface area contributed by atoms with Crippen LogP contribution in [0.3, 0.4) is 0 Å². The number of benzene rings is 1. The SMILES string of the molecule is CCC(=O)Nc1ccc(NC(=O)C2CCNCC2)cc1.Cl. The van der Waals surface area contributed by atoms with E-state index in [0.717, 1.165) is 37.3 Å². The van der Waals surface area contributed by atoms with Crippen LogP contribution in [0.25, 0.3) is 0 Å². The van der Waals surface area contributed by atoms with E-state index in [2.05, 4.69) is 16.0 Å². The fraction of sp³-hybridized carbons (Fsp3) is 0.467. The number of piperidine rings is 1. The normalized spacial score (nSPS) is 14.9. The summed E-state index contributed by atoms with van der Waals surface area (Å²) in [4.78, 5) is 23.3. The van der Waals surface area contributed by atoms with Crippen molar-refractivity contribution >= 4 is 35.6 Å². The van der Waals surface area contributed by atoms with Crippen molar-refractivity contribution < 1.29 is 9.59 Å². The first-order valence-corrected chi connectivity index (χ1v) is 7.10. The smallest absolute Gasteiger partial charge is 0.227 e. The Morgan fingerprint density at radius 2 is 1.62 bits per heavy atom. The van der Waals surface area contributed by atoms with Crippen LogP contribution in [0.4, 0.5) is 11.4 Å². The van der Waals surface area contributed by atoms with E-state index in [1.807, 2.05) is 19.1 Å². The summed E-state index contributed by atoms with van der Waals surface area (Å²) in [6.07, 6.45) is 2.22. The van der Waals surface area contributed by atoms with Gasteiger partial charge in [0, 0.05) is 23.7 Å². The molecule has 1 aromatic carbocycles. The van der Waals surface area contributed by atoms with E-state index in [0.29, 0.717) is 6.42 Å². The van der Waals surface area contributed by atoms with Crippen LogP contribution in [0.2, 0.25) is 0 Å². The fourth-order valence-electron chi connectivity index (χ4n) is 2.21. The monoisotopic (exact) mass is 311 g/mol. The molecular weight excluding hydrogens is 290 g/mol. The minimum atomic E-state index is -0.0171. The maximum Gasteiger partial charge on any atom is 0.227 e. The Balaban J connectivity index is 0.00000220. The first-order valence-electron chi connectivity index (χ1n) is 7.10. The number of halogens is 1. The molecule has 1 aliphatic heterocycles. The van der Waals surface area contributed by atoms with Gasteiger partial charge in [-0.2, -0.15) is 0 Å². The van der Waals surface area contributed by atoms with Crippen molar-refractivity contribution in [3.8, 4) is 0 Å². The van der Waals surface area contributed by atoms with Crippen molar-refractivity contribution in [1.82, 2.24) is 5.32 Å². The third-order valence-electron chi connectivity index (χ3n) is 3.47. The van der Waals surface area contributed by atoms with Crippen LogP contribution in [0.5, 0.6) is 0 Å². The zero-order valence-electron chi connectivity index (χ0n) is 12.1. The highest BCUT2D eigenvalue weighted by Gasteiger charge is 2.20. The molecule has 0 aromatic heterocycles. The van der Waals surface area contributed by atoms with Crippen LogP contribution in [-0.4, -0.2) is 24.9 Å². The van der Waals surface area contributed by atoms with Gasteiger partial charge >= 0.3 is 0 Å². The van der Waals surface area contributed by atoms with Crippen LogP contribution in [0, 0.1) is 5.92 Å². The van der Waals surface area contributed by atoms with Gasteiger partial charge in [-0.1, -0.05) is 6.92 Å². The molecule has 0 unspecified atom stereocenters. The topological polar surface area (TPSA) is 70.2 Å². The van der Waals surface area contributed by atoms with E-state index in [1.165, 1.54) is 0 Å². The first-order chi connectivity index (χ1) is 9.69. The molecule has 1 saturated heterocycles. The van der Waals surface area contributed by atoms with Crippen LogP contribution >= 0.6 is 12.4 Å². The Morgan fingerprint density at radius 3 is 2.14 bits per heavy atom. The lowest BCUT2D eigenvalue weighted by Crippen LogP contribution is -2.34. The molecule has 1 heterocycles. The maximum atomic E-state index is 12.1. The maximum absolute atomic E-state index is 12.1. The molecule has 6 heteroatoms. The van der Waals surface area contributed by atoms with Gasteiger partial charge in [-0.05, 0) is 50.2 Å². The van der Waals surface area contributed by atoms with Gasteiger partial charge in [0.25, 0.3) is 0 Å². The van der Waals surface area contributed by atoms with Crippen LogP contribution in [0.1, 0.15) is 26.2 Å². The molecule has 3 N–H and O–H groups in total. The second-order valence-corrected chi connectivity index (χ2v) is 4.99. The standard InChI is InChI=1S/C15H21N3O2.ClH/c1-2-14(19)17-12-3-5-13(6-4-12)18-15(20)11-7-9-16-10-8-11;/h3-6,11,16H,2,7-10H2,1H3,(H,17,19)(H,18,20);1H. The van der Waals surface area contributed by atoms with Crippen molar-refractivity contribution in [2.45, 2.75) is 26.2 Å². The molecule has 21 heavy (non-hydrogen) atoms. The van der Waals surface area contributed by atoms with Gasteiger partial charge in [-0.3, -0.25) is 9.59 Å². The number of amides is 2. The third-order valence-corrected chi connectivity index (χ3v) is 3.47. The van der Waals surface area contributed by atoms with E-state index in [9.17, 15) is 9.59 Å². The molecule has 116 valence electrons. The second kappa shape index (κ2) is 8.64. The molecule has 1 aliphatic rings. The summed E-state index contributed by atoms with van der Waals surface area (Å²) < 4.78 is 0. The number of anilines is 2. The molecule has 5 nitrogen and oxygen atoms in total. The van der Waals surface area contributed by atoms with Crippen molar-refractivity contribution in [1.29, 1.82) is 0 Å². The van der Waals surface area contributed by atoms with Gasteiger partial charge in [-0.15, -0.1) is 12.4 Å². The molecule has 0 bridgehead atoms. The summed E-state index contributed by atoms with van der Waals surface area (Å²) in [7, 11) is 0. The molecule has 0 atom stereocenters. The number of hydrogen-bond acceptors (Lipinski definition) is 3. The van der Waals surface area contributed by atoms with E-state index < -0.39 is 0 Å². The molecule has 1 aromatic rings. The number of nitrogens with one attached hydrogen (secondary N) is 3. The summed E-state index contributed by atoms with van der Waals surface area (Å²) in [5.41, 5.74) is 1.51. The van der Waals surface area contributed by atoms with Crippen LogP contribution < -0.4 is 16.0 Å². The number of carbonyl (C=O) groups is 2. The Kier molecular flexibility index (Phi) is 7.19. The molecule has 0 aliphatic carbocycles. The first kappa shape index (κ1) is 17.5. The van der Waals surface area contributed by atoms with E-state index in [1.54, 1.807) is 12.1 Å². The van der Waals surface area contributed by atoms with E-state index >= 15 is 0 Å². The number of carbonyl (C=O) groups excluding carboxylic acids is 2. The van der Waals surface area contributed by atoms with Crippen molar-refractivity contribution in [2.24, 2.45) is 5.92 Å². The lowest BCUT2D eigenvalue weighted by Gasteiger charge is -2.21. The Labute approximate surface area is 131 Å². The summed E-state index contributed by atoms with van der Waals surface area (Å²) in [6, 6.07) is 7.21. The molecule has 2 amide bonds. The van der Waals surface area contributed by atoms with Crippen molar-refractivity contribution in [3.05, 3.63) is 24.3 Å². The molecule has 0 spiro atoms. The number of hydrogen-bond donors (Lipinski definition) is 3. The molecule has 1 fully saturated rings. The van der Waals surface area contributed by atoms with Gasteiger partial charge in [-0.25, -0.2) is 0 Å². The highest BCUT2D eigenvalue weighted by atomic mass is 35.5. The predicted octanol–water partition coefficient (Wildman–Crippen LogP) is 2.40. The zero-order valence-corrected chi connectivity index (χ0v) is 13.0. The minimum absolute atomic E-state index is 0. The molecule has 2 rings (SSSR count). The average Bonchev–Trinajstić information content (AvgIpc) is 2.50. The summed E-state index contributed by atoms with van der Waals surface area (Å²) >= 11 is 0. The quantitative estimate of drug-likeness (QED) is 0.799. The Morgan fingerprint density at radius 1 is 1.10 bits per heavy atom. The fourth-order valence-corrected chi connectivity index (χ4v) is 2.21.